The molecule has 1 aromatic carbocycles. The van der Waals surface area contributed by atoms with E-state index in [4.69, 9.17) is 5.11 Å². The fraction of sp³-hybridized carbons (Fsp3) is 0.231. The average molecular weight is 228 g/mol. The lowest BCUT2D eigenvalue weighted by atomic mass is 10.1. The Morgan fingerprint density at radius 1 is 1.29 bits per heavy atom. The van der Waals surface area contributed by atoms with Crippen molar-refractivity contribution in [3.63, 3.8) is 0 Å². The Morgan fingerprint density at radius 2 is 2.12 bits per heavy atom. The van der Waals surface area contributed by atoms with Crippen molar-refractivity contribution in [1.82, 2.24) is 4.98 Å². The lowest BCUT2D eigenvalue weighted by molar-refractivity contribution is 0.0699. The lowest BCUT2D eigenvalue weighted by Gasteiger charge is -2.06. The molecule has 0 unspecified atom stereocenters. The van der Waals surface area contributed by atoms with E-state index in [-0.39, 0.29) is 0 Å². The van der Waals surface area contributed by atoms with Crippen molar-refractivity contribution in [1.29, 1.82) is 0 Å². The molecule has 1 aliphatic carbocycles. The molecule has 1 aliphatic rings. The highest BCUT2D eigenvalue weighted by molar-refractivity contribution is 6.02. The first-order chi connectivity index (χ1) is 8.24. The Hall–Kier alpha value is -2.10. The van der Waals surface area contributed by atoms with Gasteiger partial charge in [-0.1, -0.05) is 6.07 Å². The molecule has 0 amide bonds. The van der Waals surface area contributed by atoms with Crippen LogP contribution < -0.4 is 5.32 Å². The van der Waals surface area contributed by atoms with Crippen molar-refractivity contribution >= 4 is 22.7 Å². The van der Waals surface area contributed by atoms with E-state index in [1.807, 2.05) is 18.2 Å². The molecule has 1 fully saturated rings. The standard InChI is InChI=1S/C13H12N2O2/c16-13(17)10-2-1-3-11-9(10)6-7-12(15-11)14-8-4-5-8/h1-3,6-8H,4-5H2,(H,14,15)(H,16,17). The van der Waals surface area contributed by atoms with Crippen molar-refractivity contribution in [2.45, 2.75) is 18.9 Å². The van der Waals surface area contributed by atoms with Gasteiger partial charge in [0.1, 0.15) is 5.82 Å². The zero-order valence-corrected chi connectivity index (χ0v) is 9.18. The van der Waals surface area contributed by atoms with Crippen molar-refractivity contribution in [3.05, 3.63) is 35.9 Å². The van der Waals surface area contributed by atoms with E-state index in [9.17, 15) is 4.79 Å². The number of fused-ring (bicyclic) bond motifs is 1. The second-order valence-electron chi connectivity index (χ2n) is 4.29. The Kier molecular flexibility index (Phi) is 2.21. The summed E-state index contributed by atoms with van der Waals surface area (Å²) in [6, 6.07) is 9.35. The van der Waals surface area contributed by atoms with Crippen molar-refractivity contribution < 1.29 is 9.90 Å². The highest BCUT2D eigenvalue weighted by Gasteiger charge is 2.21. The van der Waals surface area contributed by atoms with Gasteiger partial charge in [0.2, 0.25) is 0 Å². The van der Waals surface area contributed by atoms with Gasteiger partial charge in [0.25, 0.3) is 0 Å². The molecule has 4 nitrogen and oxygen atoms in total. The lowest BCUT2D eigenvalue weighted by Crippen LogP contribution is -2.03. The quantitative estimate of drug-likeness (QED) is 0.847. The molecule has 17 heavy (non-hydrogen) atoms. The summed E-state index contributed by atoms with van der Waals surface area (Å²) in [5.74, 6) is -0.0946. The number of anilines is 1. The Bertz CT molecular complexity index is 591. The number of carbonyl (C=O) groups is 1. The summed E-state index contributed by atoms with van der Waals surface area (Å²) in [5.41, 5.74) is 1.02. The number of pyridine rings is 1. The van der Waals surface area contributed by atoms with Gasteiger partial charge in [0, 0.05) is 11.4 Å². The van der Waals surface area contributed by atoms with E-state index in [1.54, 1.807) is 12.1 Å². The van der Waals surface area contributed by atoms with Gasteiger partial charge in [0.05, 0.1) is 11.1 Å². The fourth-order valence-electron chi connectivity index (χ4n) is 1.86. The van der Waals surface area contributed by atoms with Crippen LogP contribution in [0.2, 0.25) is 0 Å². The summed E-state index contributed by atoms with van der Waals surface area (Å²) in [6.45, 7) is 0. The smallest absolute Gasteiger partial charge is 0.336 e. The van der Waals surface area contributed by atoms with Crippen LogP contribution in [0.15, 0.2) is 30.3 Å². The minimum Gasteiger partial charge on any atom is -0.478 e. The van der Waals surface area contributed by atoms with Crippen LogP contribution in [0.5, 0.6) is 0 Å². The molecule has 0 spiro atoms. The highest BCUT2D eigenvalue weighted by Crippen LogP contribution is 2.25. The second-order valence-corrected chi connectivity index (χ2v) is 4.29. The second kappa shape index (κ2) is 3.73. The molecule has 1 aromatic heterocycles. The molecule has 0 aliphatic heterocycles. The average Bonchev–Trinajstić information content (AvgIpc) is 3.11. The minimum absolute atomic E-state index is 0.299. The first-order valence-electron chi connectivity index (χ1n) is 5.63. The predicted molar refractivity (Wildman–Crippen MR) is 65.3 cm³/mol. The third-order valence-electron chi connectivity index (χ3n) is 2.89. The molecule has 1 saturated carbocycles. The summed E-state index contributed by atoms with van der Waals surface area (Å²) in [7, 11) is 0. The summed E-state index contributed by atoms with van der Waals surface area (Å²) >= 11 is 0. The number of hydrogen-bond donors (Lipinski definition) is 2. The number of rotatable bonds is 3. The molecule has 0 radical (unpaired) electrons. The summed E-state index contributed by atoms with van der Waals surface area (Å²) in [4.78, 5) is 15.5. The van der Waals surface area contributed by atoms with Crippen molar-refractivity contribution in [2.75, 3.05) is 5.32 Å². The molecule has 0 atom stereocenters. The van der Waals surface area contributed by atoms with Gasteiger partial charge in [-0.05, 0) is 37.1 Å². The molecule has 0 saturated heterocycles. The Balaban J connectivity index is 2.07. The monoisotopic (exact) mass is 228 g/mol. The third-order valence-corrected chi connectivity index (χ3v) is 2.89. The number of hydrogen-bond acceptors (Lipinski definition) is 3. The topological polar surface area (TPSA) is 62.2 Å². The Labute approximate surface area is 98.3 Å². The van der Waals surface area contributed by atoms with Crippen LogP contribution in [0.3, 0.4) is 0 Å². The molecule has 2 aromatic rings. The fourth-order valence-corrected chi connectivity index (χ4v) is 1.86. The van der Waals surface area contributed by atoms with Gasteiger partial charge < -0.3 is 10.4 Å². The number of benzene rings is 1. The molecule has 0 bridgehead atoms. The van der Waals surface area contributed by atoms with Crippen LogP contribution in [-0.4, -0.2) is 22.1 Å². The van der Waals surface area contributed by atoms with E-state index < -0.39 is 5.97 Å². The number of carboxylic acid groups (broad SMARTS) is 1. The summed E-state index contributed by atoms with van der Waals surface area (Å²) in [6.07, 6.45) is 2.38. The SMILES string of the molecule is O=C(O)c1cccc2nc(NC3CC3)ccc12. The van der Waals surface area contributed by atoms with Gasteiger partial charge in [-0.15, -0.1) is 0 Å². The molecular formula is C13H12N2O2. The van der Waals surface area contributed by atoms with Crippen LogP contribution in [0.25, 0.3) is 10.9 Å². The van der Waals surface area contributed by atoms with Gasteiger partial charge in [-0.25, -0.2) is 9.78 Å². The van der Waals surface area contributed by atoms with Crippen LogP contribution in [0.4, 0.5) is 5.82 Å². The summed E-state index contributed by atoms with van der Waals surface area (Å²) < 4.78 is 0. The van der Waals surface area contributed by atoms with Gasteiger partial charge >= 0.3 is 5.97 Å². The number of aromatic carboxylic acids is 1. The molecule has 1 heterocycles. The molecule has 86 valence electrons. The maximum absolute atomic E-state index is 11.0. The van der Waals surface area contributed by atoms with Crippen LogP contribution >= 0.6 is 0 Å². The van der Waals surface area contributed by atoms with E-state index >= 15 is 0 Å². The van der Waals surface area contributed by atoms with Crippen molar-refractivity contribution in [3.8, 4) is 0 Å². The van der Waals surface area contributed by atoms with Crippen LogP contribution in [0.1, 0.15) is 23.2 Å². The Morgan fingerprint density at radius 3 is 2.82 bits per heavy atom. The van der Waals surface area contributed by atoms with E-state index in [2.05, 4.69) is 10.3 Å². The first kappa shape index (κ1) is 10.1. The number of aromatic nitrogens is 1. The maximum Gasteiger partial charge on any atom is 0.336 e. The van der Waals surface area contributed by atoms with Crippen LogP contribution in [0, 0.1) is 0 Å². The minimum atomic E-state index is -0.916. The summed E-state index contributed by atoms with van der Waals surface area (Å²) in [5, 5.41) is 13.0. The van der Waals surface area contributed by atoms with Crippen molar-refractivity contribution in [2.24, 2.45) is 0 Å². The highest BCUT2D eigenvalue weighted by atomic mass is 16.4. The molecular weight excluding hydrogens is 216 g/mol. The largest absolute Gasteiger partial charge is 0.478 e. The zero-order valence-electron chi connectivity index (χ0n) is 9.18. The van der Waals surface area contributed by atoms with E-state index in [0.717, 1.165) is 11.3 Å². The van der Waals surface area contributed by atoms with E-state index in [1.165, 1.54) is 12.8 Å². The number of nitrogens with zero attached hydrogens (tertiary/aromatic N) is 1. The predicted octanol–water partition coefficient (Wildman–Crippen LogP) is 2.51. The van der Waals surface area contributed by atoms with Gasteiger partial charge in [0.15, 0.2) is 0 Å². The molecule has 4 heteroatoms. The maximum atomic E-state index is 11.0. The number of nitrogens with one attached hydrogen (secondary N) is 1. The van der Waals surface area contributed by atoms with Gasteiger partial charge in [-0.2, -0.15) is 0 Å². The molecule has 2 N–H and O–H groups in total. The van der Waals surface area contributed by atoms with E-state index in [0.29, 0.717) is 17.0 Å². The van der Waals surface area contributed by atoms with Crippen LogP contribution in [-0.2, 0) is 0 Å². The normalized spacial score (nSPS) is 14.8. The third kappa shape index (κ3) is 1.93. The first-order valence-corrected chi connectivity index (χ1v) is 5.63. The zero-order chi connectivity index (χ0) is 11.8. The van der Waals surface area contributed by atoms with Gasteiger partial charge in [-0.3, -0.25) is 0 Å². The number of carboxylic acids is 1. The molecule has 3 rings (SSSR count).